The highest BCUT2D eigenvalue weighted by atomic mass is 16.3. The molecule has 0 fully saturated rings. The summed E-state index contributed by atoms with van der Waals surface area (Å²) in [5.41, 5.74) is 27.3. The minimum atomic E-state index is -0.152. The third-order valence-electron chi connectivity index (χ3n) is 18.1. The Morgan fingerprint density at radius 3 is 1.56 bits per heavy atom. The van der Waals surface area contributed by atoms with Gasteiger partial charge in [0, 0.05) is 55.7 Å². The van der Waals surface area contributed by atoms with Crippen molar-refractivity contribution in [1.29, 1.82) is 0 Å². The fourth-order valence-corrected chi connectivity index (χ4v) is 13.5. The minimum absolute atomic E-state index is 0.0122. The predicted octanol–water partition coefficient (Wildman–Crippen LogP) is 19.3. The number of furan rings is 1. The molecule has 0 unspecified atom stereocenters. The summed E-state index contributed by atoms with van der Waals surface area (Å²) in [6, 6.07) is 63.4. The number of rotatable bonds is 4. The maximum absolute atomic E-state index is 7.08. The van der Waals surface area contributed by atoms with E-state index in [-0.39, 0.29) is 33.8 Å². The highest BCUT2D eigenvalue weighted by Crippen LogP contribution is 2.55. The molecule has 9 aromatic carbocycles. The lowest BCUT2D eigenvalue weighted by Gasteiger charge is -2.47. The van der Waals surface area contributed by atoms with E-state index < -0.39 is 0 Å². The van der Waals surface area contributed by atoms with Crippen LogP contribution in [0.3, 0.4) is 0 Å². The molecule has 2 aromatic heterocycles. The molecular formula is C75H75BN4O. The molecule has 0 N–H and O–H groups in total. The smallest absolute Gasteiger partial charge is 0.252 e. The average molecular weight is 1060 g/mol. The van der Waals surface area contributed by atoms with Crippen molar-refractivity contribution in [2.75, 3.05) is 14.7 Å². The largest absolute Gasteiger partial charge is 0.454 e. The van der Waals surface area contributed by atoms with Gasteiger partial charge in [-0.05, 0) is 175 Å². The molecule has 0 spiro atoms. The first-order chi connectivity index (χ1) is 38.2. The van der Waals surface area contributed by atoms with Crippen molar-refractivity contribution in [1.82, 2.24) is 4.57 Å². The zero-order valence-corrected chi connectivity index (χ0v) is 50.4. The van der Waals surface area contributed by atoms with Crippen LogP contribution in [0.5, 0.6) is 0 Å². The lowest BCUT2D eigenvalue weighted by Crippen LogP contribution is -2.62. The number of nitrogens with zero attached hydrogens (tertiary/aromatic N) is 4. The van der Waals surface area contributed by atoms with E-state index in [4.69, 9.17) is 4.42 Å². The summed E-state index contributed by atoms with van der Waals surface area (Å²) in [6.45, 7) is 37.2. The molecule has 0 saturated heterocycles. The third kappa shape index (κ3) is 7.79. The van der Waals surface area contributed by atoms with Gasteiger partial charge in [-0.1, -0.05) is 177 Å². The molecule has 6 heteroatoms. The average Bonchev–Trinajstić information content (AvgIpc) is 4.21. The van der Waals surface area contributed by atoms with Crippen molar-refractivity contribution in [3.63, 3.8) is 0 Å². The number of para-hydroxylation sites is 2. The van der Waals surface area contributed by atoms with Crippen molar-refractivity contribution < 1.29 is 4.42 Å². The number of benzene rings is 9. The molecule has 81 heavy (non-hydrogen) atoms. The summed E-state index contributed by atoms with van der Waals surface area (Å²) >= 11 is 0. The molecule has 11 aromatic rings. The molecule has 0 amide bonds. The van der Waals surface area contributed by atoms with Crippen molar-refractivity contribution in [2.24, 2.45) is 0 Å². The summed E-state index contributed by atoms with van der Waals surface area (Å²) in [4.78, 5) is 7.70. The van der Waals surface area contributed by atoms with Crippen LogP contribution < -0.4 is 31.1 Å². The topological polar surface area (TPSA) is 27.8 Å². The molecule has 404 valence electrons. The van der Waals surface area contributed by atoms with E-state index in [1.54, 1.807) is 0 Å². The Kier molecular flexibility index (Phi) is 10.8. The second kappa shape index (κ2) is 17.0. The van der Waals surface area contributed by atoms with Crippen LogP contribution in [0.2, 0.25) is 0 Å². The Hall–Kier alpha value is -7.96. The van der Waals surface area contributed by atoms with Gasteiger partial charge in [-0.25, -0.2) is 0 Å². The van der Waals surface area contributed by atoms with Gasteiger partial charge in [0.25, 0.3) is 6.71 Å². The first kappa shape index (κ1) is 51.2. The number of aromatic nitrogens is 1. The van der Waals surface area contributed by atoms with Gasteiger partial charge in [0.1, 0.15) is 5.58 Å². The molecule has 0 radical (unpaired) electrons. The number of aryl methyl sites for hydroxylation is 1. The number of anilines is 9. The van der Waals surface area contributed by atoms with Gasteiger partial charge in [0.15, 0.2) is 5.58 Å². The second-order valence-electron chi connectivity index (χ2n) is 28.9. The molecule has 0 atom stereocenters. The highest BCUT2D eigenvalue weighted by Gasteiger charge is 2.48. The van der Waals surface area contributed by atoms with Crippen LogP contribution in [0.1, 0.15) is 137 Å². The Morgan fingerprint density at radius 2 is 0.926 bits per heavy atom. The summed E-state index contributed by atoms with van der Waals surface area (Å²) in [5, 5.41) is 4.83. The Balaban J connectivity index is 1.11. The van der Waals surface area contributed by atoms with Crippen LogP contribution in [0.25, 0.3) is 49.4 Å². The summed E-state index contributed by atoms with van der Waals surface area (Å²) in [5.74, 6) is 0. The van der Waals surface area contributed by atoms with Crippen LogP contribution >= 0.6 is 0 Å². The zero-order chi connectivity index (χ0) is 56.8. The molecule has 3 aliphatic rings. The van der Waals surface area contributed by atoms with Gasteiger partial charge in [-0.15, -0.1) is 0 Å². The number of hydrogen-bond donors (Lipinski definition) is 0. The number of fused-ring (bicyclic) bond motifs is 12. The van der Waals surface area contributed by atoms with Gasteiger partial charge in [-0.3, -0.25) is 0 Å². The summed E-state index contributed by atoms with van der Waals surface area (Å²) in [6.07, 6.45) is 0. The lowest BCUT2D eigenvalue weighted by atomic mass is 9.33. The summed E-state index contributed by atoms with van der Waals surface area (Å²) < 4.78 is 9.72. The van der Waals surface area contributed by atoms with Crippen LogP contribution in [0, 0.1) is 6.92 Å². The van der Waals surface area contributed by atoms with Crippen molar-refractivity contribution in [3.8, 4) is 5.69 Å². The van der Waals surface area contributed by atoms with E-state index in [0.29, 0.717) is 0 Å². The van der Waals surface area contributed by atoms with Gasteiger partial charge < -0.3 is 23.7 Å². The third-order valence-corrected chi connectivity index (χ3v) is 18.1. The molecule has 0 bridgehead atoms. The molecule has 0 aliphatic carbocycles. The van der Waals surface area contributed by atoms with Crippen molar-refractivity contribution in [2.45, 2.75) is 138 Å². The van der Waals surface area contributed by atoms with Gasteiger partial charge in [-0.2, -0.15) is 0 Å². The van der Waals surface area contributed by atoms with Crippen molar-refractivity contribution >= 4 is 118 Å². The fourth-order valence-electron chi connectivity index (χ4n) is 13.5. The van der Waals surface area contributed by atoms with Crippen LogP contribution in [0.4, 0.5) is 51.2 Å². The Labute approximate surface area is 479 Å². The predicted molar refractivity (Wildman–Crippen MR) is 349 cm³/mol. The zero-order valence-electron chi connectivity index (χ0n) is 50.4. The minimum Gasteiger partial charge on any atom is -0.454 e. The lowest BCUT2D eigenvalue weighted by molar-refractivity contribution is 0.590. The first-order valence-corrected chi connectivity index (χ1v) is 29.4. The Morgan fingerprint density at radius 1 is 0.383 bits per heavy atom. The van der Waals surface area contributed by atoms with Crippen LogP contribution in [0.15, 0.2) is 168 Å². The van der Waals surface area contributed by atoms with E-state index in [1.807, 2.05) is 0 Å². The van der Waals surface area contributed by atoms with E-state index >= 15 is 0 Å². The molecule has 3 aliphatic heterocycles. The SMILES string of the molecule is Cc1cc2c3c(c1)N1c4c(cc(C(C)(C)C)cc4-n4c5ccc(C(C)(C)C)cc5c5cc(C(C)(C)C)cc1c54)B3c1ccc(N(c3ccc(C(C)(C)C)cc3)c3ccc(C(C)(C)C)cc3)cc1N2c1cccc2c1oc1ccccc12. The molecule has 5 heterocycles. The van der Waals surface area contributed by atoms with Gasteiger partial charge in [0.05, 0.1) is 33.8 Å². The van der Waals surface area contributed by atoms with E-state index in [9.17, 15) is 0 Å². The van der Waals surface area contributed by atoms with Crippen molar-refractivity contribution in [3.05, 3.63) is 197 Å². The van der Waals surface area contributed by atoms with Gasteiger partial charge >= 0.3 is 0 Å². The molecule has 5 nitrogen and oxygen atoms in total. The van der Waals surface area contributed by atoms with Gasteiger partial charge in [0.2, 0.25) is 0 Å². The van der Waals surface area contributed by atoms with E-state index in [1.165, 1.54) is 100 Å². The van der Waals surface area contributed by atoms with E-state index in [2.05, 4.69) is 294 Å². The standard InChI is InChI=1S/C75H75BN4O/c1-44-36-62-67-63(37-44)80-64-41-48(74(11,12)13)39-56-55-38-47(73(8,9)10)28-35-59(55)79(68(56)64)65-42-49(75(14,15)16)40-58(69(65)80)76(67)57-34-33-52(43-61(57)78(62)60-22-19-21-54-53-20-17-18-23-66(53)81-70(54)60)77(50-29-24-45(25-30-50)71(2,3)4)51-31-26-46(27-32-51)72(5,6)7/h17-43H,1-16H3. The maximum Gasteiger partial charge on any atom is 0.252 e. The summed E-state index contributed by atoms with van der Waals surface area (Å²) in [7, 11) is 0. The quantitative estimate of drug-likeness (QED) is 0.164. The normalized spacial score (nSPS) is 14.1. The van der Waals surface area contributed by atoms with Crippen LogP contribution in [-0.4, -0.2) is 11.3 Å². The monoisotopic (exact) mass is 1060 g/mol. The first-order valence-electron chi connectivity index (χ1n) is 29.4. The number of hydrogen-bond acceptors (Lipinski definition) is 4. The maximum atomic E-state index is 7.08. The molecule has 0 saturated carbocycles. The Bertz CT molecular complexity index is 4380. The second-order valence-corrected chi connectivity index (χ2v) is 28.9. The van der Waals surface area contributed by atoms with E-state index in [0.717, 1.165) is 50.4 Å². The molecule has 14 rings (SSSR count). The highest BCUT2D eigenvalue weighted by molar-refractivity contribution is 7.00. The fraction of sp³-hybridized carbons (Fsp3) is 0.280. The molecular weight excluding hydrogens is 984 g/mol. The van der Waals surface area contributed by atoms with Crippen LogP contribution in [-0.2, 0) is 27.1 Å².